The van der Waals surface area contributed by atoms with E-state index < -0.39 is 0 Å². The summed E-state index contributed by atoms with van der Waals surface area (Å²) in [5, 5.41) is 0. The van der Waals surface area contributed by atoms with Crippen LogP contribution in [0.2, 0.25) is 0 Å². The van der Waals surface area contributed by atoms with Crippen molar-refractivity contribution in [2.75, 3.05) is 33.4 Å². The summed E-state index contributed by atoms with van der Waals surface area (Å²) in [6.45, 7) is 5.24. The van der Waals surface area contributed by atoms with E-state index >= 15 is 0 Å². The third-order valence-corrected chi connectivity index (χ3v) is 6.82. The number of methoxy groups -OCH3 is 1. The van der Waals surface area contributed by atoms with Crippen molar-refractivity contribution in [3.05, 3.63) is 101 Å². The Kier molecular flexibility index (Phi) is 13.8. The smallest absolute Gasteiger partial charge is 0.337 e. The minimum absolute atomic E-state index is 0.160. The molecule has 0 radical (unpaired) electrons. The molecule has 6 heteroatoms. The monoisotopic (exact) mass is 545 g/mol. The molecule has 0 aliphatic heterocycles. The van der Waals surface area contributed by atoms with Crippen molar-refractivity contribution in [2.24, 2.45) is 0 Å². The largest absolute Gasteiger partial charge is 0.493 e. The summed E-state index contributed by atoms with van der Waals surface area (Å²) in [4.78, 5) is 26.0. The lowest BCUT2D eigenvalue weighted by Gasteiger charge is -2.23. The SMILES string of the molecule is CCOC(=O)CCCN(CCc1ccccc1OCCCCCc1ccccc1)Cc1ccc(C(=O)OC)cc1. The molecule has 3 aromatic carbocycles. The van der Waals surface area contributed by atoms with E-state index in [9.17, 15) is 9.59 Å². The lowest BCUT2D eigenvalue weighted by Crippen LogP contribution is -2.27. The van der Waals surface area contributed by atoms with Gasteiger partial charge in [0.25, 0.3) is 0 Å². The van der Waals surface area contributed by atoms with Gasteiger partial charge in [0.05, 0.1) is 25.9 Å². The number of aryl methyl sites for hydroxylation is 1. The number of unbranched alkanes of at least 4 members (excludes halogenated alkanes) is 2. The molecule has 0 saturated carbocycles. The topological polar surface area (TPSA) is 65.1 Å². The van der Waals surface area contributed by atoms with Gasteiger partial charge >= 0.3 is 11.9 Å². The molecule has 0 amide bonds. The lowest BCUT2D eigenvalue weighted by molar-refractivity contribution is -0.143. The van der Waals surface area contributed by atoms with E-state index in [0.29, 0.717) is 31.7 Å². The van der Waals surface area contributed by atoms with Crippen LogP contribution in [0.15, 0.2) is 78.9 Å². The molecule has 214 valence electrons. The van der Waals surface area contributed by atoms with Crippen molar-refractivity contribution < 1.29 is 23.8 Å². The Bertz CT molecular complexity index is 1150. The van der Waals surface area contributed by atoms with E-state index in [1.54, 1.807) is 12.1 Å². The first-order valence-electron chi connectivity index (χ1n) is 14.4. The molecule has 40 heavy (non-hydrogen) atoms. The van der Waals surface area contributed by atoms with Crippen LogP contribution in [0.5, 0.6) is 5.75 Å². The van der Waals surface area contributed by atoms with Crippen molar-refractivity contribution >= 4 is 11.9 Å². The van der Waals surface area contributed by atoms with Crippen LogP contribution < -0.4 is 4.74 Å². The highest BCUT2D eigenvalue weighted by molar-refractivity contribution is 5.89. The molecular formula is C34H43NO5. The number of rotatable bonds is 18. The van der Waals surface area contributed by atoms with Gasteiger partial charge in [-0.25, -0.2) is 4.79 Å². The fraction of sp³-hybridized carbons (Fsp3) is 0.412. The Morgan fingerprint density at radius 3 is 2.25 bits per heavy atom. The number of ether oxygens (including phenoxy) is 3. The van der Waals surface area contributed by atoms with Crippen LogP contribution in [0.1, 0.15) is 66.1 Å². The molecule has 0 N–H and O–H groups in total. The molecule has 0 atom stereocenters. The molecule has 3 rings (SSSR count). The molecule has 0 aliphatic rings. The number of hydrogen-bond acceptors (Lipinski definition) is 6. The minimum atomic E-state index is -0.342. The second-order valence-corrected chi connectivity index (χ2v) is 9.88. The van der Waals surface area contributed by atoms with Crippen LogP contribution in [0.25, 0.3) is 0 Å². The highest BCUT2D eigenvalue weighted by Gasteiger charge is 2.12. The molecule has 3 aromatic rings. The number of esters is 2. The van der Waals surface area contributed by atoms with E-state index in [0.717, 1.165) is 62.9 Å². The van der Waals surface area contributed by atoms with Crippen molar-refractivity contribution in [3.8, 4) is 5.75 Å². The zero-order chi connectivity index (χ0) is 28.4. The van der Waals surface area contributed by atoms with Gasteiger partial charge in [0.1, 0.15) is 5.75 Å². The summed E-state index contributed by atoms with van der Waals surface area (Å²) in [5.74, 6) is 0.442. The second-order valence-electron chi connectivity index (χ2n) is 9.88. The number of nitrogens with zero attached hydrogens (tertiary/aromatic N) is 1. The molecule has 0 aromatic heterocycles. The van der Waals surface area contributed by atoms with E-state index in [1.165, 1.54) is 18.2 Å². The van der Waals surface area contributed by atoms with Gasteiger partial charge in [0.15, 0.2) is 0 Å². The molecule has 0 heterocycles. The molecule has 0 unspecified atom stereocenters. The van der Waals surface area contributed by atoms with Crippen LogP contribution in [0.3, 0.4) is 0 Å². The molecular weight excluding hydrogens is 502 g/mol. The maximum atomic E-state index is 11.9. The Balaban J connectivity index is 1.52. The van der Waals surface area contributed by atoms with E-state index in [2.05, 4.69) is 53.4 Å². The van der Waals surface area contributed by atoms with Crippen molar-refractivity contribution in [2.45, 2.75) is 58.4 Å². The van der Waals surface area contributed by atoms with Crippen LogP contribution in [0.4, 0.5) is 0 Å². The number of carbonyl (C=O) groups is 2. The molecule has 0 spiro atoms. The standard InChI is InChI=1S/C34H43NO5/c1-3-39-33(36)18-12-24-35(27-29-19-21-31(22-20-29)34(37)38-2)25-23-30-16-9-10-17-32(30)40-26-11-5-8-15-28-13-6-4-7-14-28/h4,6-7,9-10,13-14,16-17,19-22H,3,5,8,11-12,15,18,23-27H2,1-2H3. The lowest BCUT2D eigenvalue weighted by atomic mass is 10.1. The first-order chi connectivity index (χ1) is 19.6. The number of hydrogen-bond donors (Lipinski definition) is 0. The van der Waals surface area contributed by atoms with Crippen LogP contribution in [0, 0.1) is 0 Å². The van der Waals surface area contributed by atoms with E-state index in [1.807, 2.05) is 25.1 Å². The molecule has 0 aliphatic carbocycles. The van der Waals surface area contributed by atoms with Crippen molar-refractivity contribution in [1.82, 2.24) is 4.90 Å². The highest BCUT2D eigenvalue weighted by Crippen LogP contribution is 2.20. The second kappa shape index (κ2) is 17.9. The van der Waals surface area contributed by atoms with Gasteiger partial charge in [-0.1, -0.05) is 60.7 Å². The van der Waals surface area contributed by atoms with Crippen LogP contribution >= 0.6 is 0 Å². The predicted octanol–water partition coefficient (Wildman–Crippen LogP) is 6.65. The van der Waals surface area contributed by atoms with Crippen molar-refractivity contribution in [1.29, 1.82) is 0 Å². The summed E-state index contributed by atoms with van der Waals surface area (Å²) in [6, 6.07) is 26.4. The molecule has 0 bridgehead atoms. The third-order valence-electron chi connectivity index (χ3n) is 6.82. The third kappa shape index (κ3) is 11.2. The summed E-state index contributed by atoms with van der Waals surface area (Å²) in [7, 11) is 1.38. The zero-order valence-corrected chi connectivity index (χ0v) is 24.0. The summed E-state index contributed by atoms with van der Waals surface area (Å²) in [5.41, 5.74) is 4.21. The highest BCUT2D eigenvalue weighted by atomic mass is 16.5. The van der Waals surface area contributed by atoms with Gasteiger partial charge < -0.3 is 14.2 Å². The fourth-order valence-electron chi connectivity index (χ4n) is 4.64. The van der Waals surface area contributed by atoms with E-state index in [-0.39, 0.29) is 11.9 Å². The number of benzene rings is 3. The Morgan fingerprint density at radius 2 is 1.50 bits per heavy atom. The van der Waals surface area contributed by atoms with E-state index in [4.69, 9.17) is 14.2 Å². The average molecular weight is 546 g/mol. The van der Waals surface area contributed by atoms with Gasteiger partial charge in [-0.3, -0.25) is 9.69 Å². The first kappa shape index (κ1) is 30.9. The Morgan fingerprint density at radius 1 is 0.750 bits per heavy atom. The fourth-order valence-corrected chi connectivity index (χ4v) is 4.64. The molecule has 0 saturated heterocycles. The maximum absolute atomic E-state index is 11.9. The van der Waals surface area contributed by atoms with Crippen LogP contribution in [-0.4, -0.2) is 50.3 Å². The Hall–Kier alpha value is -3.64. The van der Waals surface area contributed by atoms with Gasteiger partial charge in [0.2, 0.25) is 0 Å². The Labute approximate surface area is 239 Å². The summed E-state index contributed by atoms with van der Waals surface area (Å²) < 4.78 is 16.1. The van der Waals surface area contributed by atoms with Gasteiger partial charge in [-0.15, -0.1) is 0 Å². The first-order valence-corrected chi connectivity index (χ1v) is 14.4. The normalized spacial score (nSPS) is 10.9. The summed E-state index contributed by atoms with van der Waals surface area (Å²) in [6.07, 6.45) is 6.40. The van der Waals surface area contributed by atoms with Gasteiger partial charge in [-0.05, 0) is 86.9 Å². The summed E-state index contributed by atoms with van der Waals surface area (Å²) >= 11 is 0. The zero-order valence-electron chi connectivity index (χ0n) is 24.0. The van der Waals surface area contributed by atoms with Gasteiger partial charge in [0, 0.05) is 19.5 Å². The molecule has 6 nitrogen and oxygen atoms in total. The quantitative estimate of drug-likeness (QED) is 0.132. The minimum Gasteiger partial charge on any atom is -0.493 e. The predicted molar refractivity (Wildman–Crippen MR) is 159 cm³/mol. The maximum Gasteiger partial charge on any atom is 0.337 e. The van der Waals surface area contributed by atoms with Crippen LogP contribution in [-0.2, 0) is 33.7 Å². The molecule has 0 fully saturated rings. The number of carbonyl (C=O) groups excluding carboxylic acids is 2. The average Bonchev–Trinajstić information content (AvgIpc) is 2.98. The van der Waals surface area contributed by atoms with Crippen molar-refractivity contribution in [3.63, 3.8) is 0 Å². The van der Waals surface area contributed by atoms with Gasteiger partial charge in [-0.2, -0.15) is 0 Å². The number of para-hydroxylation sites is 1.